The van der Waals surface area contributed by atoms with Gasteiger partial charge in [-0.15, -0.1) is 0 Å². The maximum absolute atomic E-state index is 12.3. The summed E-state index contributed by atoms with van der Waals surface area (Å²) >= 11 is 0. The quantitative estimate of drug-likeness (QED) is 0.535. The fraction of sp³-hybridized carbons (Fsp3) is 0.130. The number of benzene rings is 2. The standard InChI is InChI=1S/C23H21N3O3/c1-16-9-10-22-25-21(14-26(22)13-16)17-5-3-6-18(11-17)24-23(27)15-29-20-8-4-7-19(12-20)28-2/h3-14H,15H2,1-2H3,(H,24,27). The van der Waals surface area contributed by atoms with Gasteiger partial charge in [0, 0.05) is 29.7 Å². The fourth-order valence-electron chi connectivity index (χ4n) is 3.04. The number of imidazole rings is 1. The molecule has 0 aliphatic heterocycles. The number of fused-ring (bicyclic) bond motifs is 1. The number of carbonyl (C=O) groups excluding carboxylic acids is 1. The molecular formula is C23H21N3O3. The van der Waals surface area contributed by atoms with Crippen molar-refractivity contribution in [2.24, 2.45) is 0 Å². The Balaban J connectivity index is 1.44. The fourth-order valence-corrected chi connectivity index (χ4v) is 3.04. The summed E-state index contributed by atoms with van der Waals surface area (Å²) in [5, 5.41) is 2.86. The van der Waals surface area contributed by atoms with Crippen LogP contribution in [0.3, 0.4) is 0 Å². The van der Waals surface area contributed by atoms with Crippen LogP contribution in [-0.4, -0.2) is 29.0 Å². The molecular weight excluding hydrogens is 366 g/mol. The average Bonchev–Trinajstić information content (AvgIpc) is 3.16. The number of ether oxygens (including phenoxy) is 2. The summed E-state index contributed by atoms with van der Waals surface area (Å²) in [6.45, 7) is 1.95. The topological polar surface area (TPSA) is 64.9 Å². The first-order valence-corrected chi connectivity index (χ1v) is 9.23. The number of pyridine rings is 1. The van der Waals surface area contributed by atoms with Gasteiger partial charge < -0.3 is 19.2 Å². The highest BCUT2D eigenvalue weighted by Gasteiger charge is 2.08. The van der Waals surface area contributed by atoms with E-state index in [4.69, 9.17) is 9.47 Å². The summed E-state index contributed by atoms with van der Waals surface area (Å²) < 4.78 is 12.7. The van der Waals surface area contributed by atoms with Gasteiger partial charge in [-0.1, -0.05) is 24.3 Å². The van der Waals surface area contributed by atoms with Gasteiger partial charge in [-0.3, -0.25) is 4.79 Å². The van der Waals surface area contributed by atoms with Gasteiger partial charge in [-0.2, -0.15) is 0 Å². The van der Waals surface area contributed by atoms with Gasteiger partial charge in [0.2, 0.25) is 0 Å². The molecule has 0 atom stereocenters. The molecule has 29 heavy (non-hydrogen) atoms. The highest BCUT2D eigenvalue weighted by Crippen LogP contribution is 2.23. The molecule has 1 N–H and O–H groups in total. The Morgan fingerprint density at radius 1 is 1.03 bits per heavy atom. The van der Waals surface area contributed by atoms with Crippen LogP contribution >= 0.6 is 0 Å². The Morgan fingerprint density at radius 3 is 2.72 bits per heavy atom. The minimum atomic E-state index is -0.240. The Hall–Kier alpha value is -3.80. The summed E-state index contributed by atoms with van der Waals surface area (Å²) in [5.74, 6) is 1.02. The number of aromatic nitrogens is 2. The molecule has 0 bridgehead atoms. The van der Waals surface area contributed by atoms with Crippen LogP contribution in [-0.2, 0) is 4.79 Å². The Bertz CT molecular complexity index is 1170. The van der Waals surface area contributed by atoms with Gasteiger partial charge >= 0.3 is 0 Å². The Labute approximate surface area is 168 Å². The van der Waals surface area contributed by atoms with Crippen LogP contribution in [0.25, 0.3) is 16.9 Å². The molecule has 0 spiro atoms. The van der Waals surface area contributed by atoms with Crippen LogP contribution in [0.4, 0.5) is 5.69 Å². The third-order valence-electron chi connectivity index (χ3n) is 4.45. The molecule has 0 aliphatic carbocycles. The minimum absolute atomic E-state index is 0.0922. The third kappa shape index (κ3) is 4.38. The summed E-state index contributed by atoms with van der Waals surface area (Å²) in [5.41, 5.74) is 4.51. The van der Waals surface area contributed by atoms with Crippen molar-refractivity contribution in [1.82, 2.24) is 9.38 Å². The predicted octanol–water partition coefficient (Wildman–Crippen LogP) is 4.34. The largest absolute Gasteiger partial charge is 0.497 e. The molecule has 146 valence electrons. The number of nitrogens with one attached hydrogen (secondary N) is 1. The van der Waals surface area contributed by atoms with Crippen molar-refractivity contribution in [3.8, 4) is 22.8 Å². The molecule has 6 heteroatoms. The van der Waals surface area contributed by atoms with Gasteiger partial charge in [0.25, 0.3) is 5.91 Å². The number of carbonyl (C=O) groups is 1. The van der Waals surface area contributed by atoms with Crippen LogP contribution < -0.4 is 14.8 Å². The Kier molecular flexibility index (Phi) is 5.16. The zero-order chi connectivity index (χ0) is 20.2. The lowest BCUT2D eigenvalue weighted by Crippen LogP contribution is -2.20. The highest BCUT2D eigenvalue weighted by molar-refractivity contribution is 5.92. The molecule has 1 amide bonds. The zero-order valence-electron chi connectivity index (χ0n) is 16.3. The van der Waals surface area contributed by atoms with Crippen LogP contribution in [0, 0.1) is 6.92 Å². The predicted molar refractivity (Wildman–Crippen MR) is 112 cm³/mol. The summed E-state index contributed by atoms with van der Waals surface area (Å²) in [7, 11) is 1.59. The number of anilines is 1. The monoisotopic (exact) mass is 387 g/mol. The van der Waals surface area contributed by atoms with Crippen molar-refractivity contribution in [2.75, 3.05) is 19.0 Å². The summed E-state index contributed by atoms with van der Waals surface area (Å²) in [6, 6.07) is 18.8. The van der Waals surface area contributed by atoms with Crippen molar-refractivity contribution in [3.63, 3.8) is 0 Å². The summed E-state index contributed by atoms with van der Waals surface area (Å²) in [4.78, 5) is 16.9. The van der Waals surface area contributed by atoms with Crippen molar-refractivity contribution >= 4 is 17.2 Å². The molecule has 0 fully saturated rings. The average molecular weight is 387 g/mol. The molecule has 0 saturated heterocycles. The van der Waals surface area contributed by atoms with Gasteiger partial charge in [0.15, 0.2) is 6.61 Å². The second-order valence-corrected chi connectivity index (χ2v) is 6.69. The number of hydrogen-bond donors (Lipinski definition) is 1. The molecule has 0 saturated carbocycles. The number of aryl methyl sites for hydroxylation is 1. The molecule has 2 aromatic heterocycles. The lowest BCUT2D eigenvalue weighted by atomic mass is 10.1. The van der Waals surface area contributed by atoms with Gasteiger partial charge in [0.05, 0.1) is 12.8 Å². The maximum atomic E-state index is 12.3. The summed E-state index contributed by atoms with van der Waals surface area (Å²) in [6.07, 6.45) is 4.02. The van der Waals surface area contributed by atoms with E-state index in [2.05, 4.69) is 10.3 Å². The molecule has 0 aliphatic rings. The lowest BCUT2D eigenvalue weighted by Gasteiger charge is -2.09. The van der Waals surface area contributed by atoms with Gasteiger partial charge in [-0.05, 0) is 42.8 Å². The van der Waals surface area contributed by atoms with E-state index in [0.717, 1.165) is 16.9 Å². The number of amides is 1. The highest BCUT2D eigenvalue weighted by atomic mass is 16.5. The normalized spacial score (nSPS) is 10.7. The third-order valence-corrected chi connectivity index (χ3v) is 4.45. The van der Waals surface area contributed by atoms with E-state index in [1.165, 1.54) is 5.56 Å². The van der Waals surface area contributed by atoms with Crippen molar-refractivity contribution in [2.45, 2.75) is 6.92 Å². The van der Waals surface area contributed by atoms with E-state index in [1.54, 1.807) is 19.2 Å². The van der Waals surface area contributed by atoms with E-state index in [0.29, 0.717) is 17.2 Å². The number of rotatable bonds is 6. The van der Waals surface area contributed by atoms with Gasteiger partial charge in [-0.25, -0.2) is 4.98 Å². The molecule has 4 aromatic rings. The van der Waals surface area contributed by atoms with Crippen molar-refractivity contribution < 1.29 is 14.3 Å². The molecule has 0 unspecified atom stereocenters. The minimum Gasteiger partial charge on any atom is -0.497 e. The second-order valence-electron chi connectivity index (χ2n) is 6.69. The smallest absolute Gasteiger partial charge is 0.262 e. The Morgan fingerprint density at radius 2 is 1.86 bits per heavy atom. The van der Waals surface area contributed by atoms with Crippen LogP contribution in [0.2, 0.25) is 0 Å². The SMILES string of the molecule is COc1cccc(OCC(=O)Nc2cccc(-c3cn4cc(C)ccc4n3)c2)c1. The number of hydrogen-bond acceptors (Lipinski definition) is 4. The zero-order valence-corrected chi connectivity index (χ0v) is 16.3. The van der Waals surface area contributed by atoms with Crippen LogP contribution in [0.1, 0.15) is 5.56 Å². The number of methoxy groups -OCH3 is 1. The molecule has 2 heterocycles. The lowest BCUT2D eigenvalue weighted by molar-refractivity contribution is -0.118. The first kappa shape index (κ1) is 18.6. The molecule has 6 nitrogen and oxygen atoms in total. The molecule has 0 radical (unpaired) electrons. The first-order valence-electron chi connectivity index (χ1n) is 9.23. The van der Waals surface area contributed by atoms with Crippen LogP contribution in [0.5, 0.6) is 11.5 Å². The van der Waals surface area contributed by atoms with Crippen LogP contribution in [0.15, 0.2) is 73.1 Å². The molecule has 4 rings (SSSR count). The van der Waals surface area contributed by atoms with E-state index in [9.17, 15) is 4.79 Å². The van der Waals surface area contributed by atoms with E-state index < -0.39 is 0 Å². The van der Waals surface area contributed by atoms with E-state index >= 15 is 0 Å². The van der Waals surface area contributed by atoms with E-state index in [-0.39, 0.29) is 12.5 Å². The first-order chi connectivity index (χ1) is 14.1. The maximum Gasteiger partial charge on any atom is 0.262 e. The van der Waals surface area contributed by atoms with E-state index in [1.807, 2.05) is 72.2 Å². The van der Waals surface area contributed by atoms with Crippen molar-refractivity contribution in [1.29, 1.82) is 0 Å². The van der Waals surface area contributed by atoms with Crippen molar-refractivity contribution in [3.05, 3.63) is 78.6 Å². The second kappa shape index (κ2) is 8.06. The van der Waals surface area contributed by atoms with Gasteiger partial charge in [0.1, 0.15) is 17.1 Å². The molecule has 2 aromatic carbocycles. The number of nitrogens with zero attached hydrogens (tertiary/aromatic N) is 2.